The number of nitrogens with zero attached hydrogens (tertiary/aromatic N) is 3. The van der Waals surface area contributed by atoms with Crippen molar-refractivity contribution in [3.63, 3.8) is 0 Å². The van der Waals surface area contributed by atoms with E-state index in [1.54, 1.807) is 31.2 Å². The molecule has 0 saturated heterocycles. The fourth-order valence-electron chi connectivity index (χ4n) is 2.26. The number of anilines is 4. The zero-order valence-electron chi connectivity index (χ0n) is 14.2. The lowest BCUT2D eigenvalue weighted by Crippen LogP contribution is -2.09. The Morgan fingerprint density at radius 2 is 1.81 bits per heavy atom. The number of para-hydroxylation sites is 2. The highest BCUT2D eigenvalue weighted by molar-refractivity contribution is 5.96. The van der Waals surface area contributed by atoms with E-state index in [2.05, 4.69) is 25.8 Å². The number of hydrogen-bond acceptors (Lipinski definition) is 7. The first-order valence-corrected chi connectivity index (χ1v) is 8.02. The molecule has 2 aromatic carbocycles. The number of carbonyl (C=O) groups excluding carboxylic acids is 1. The van der Waals surface area contributed by atoms with Gasteiger partial charge in [0.2, 0.25) is 5.95 Å². The van der Waals surface area contributed by atoms with Crippen molar-refractivity contribution in [2.45, 2.75) is 6.92 Å². The SMILES string of the molecule is CCOC(=O)c1ccccc1Nc1cnnc(Nc2c(F)cccc2F)n1. The summed E-state index contributed by atoms with van der Waals surface area (Å²) in [4.78, 5) is 16.1. The molecule has 0 amide bonds. The van der Waals surface area contributed by atoms with Crippen LogP contribution in [0.5, 0.6) is 0 Å². The molecule has 2 N–H and O–H groups in total. The largest absolute Gasteiger partial charge is 0.462 e. The maximum Gasteiger partial charge on any atom is 0.340 e. The van der Waals surface area contributed by atoms with Crippen molar-refractivity contribution in [2.75, 3.05) is 17.2 Å². The maximum atomic E-state index is 13.8. The van der Waals surface area contributed by atoms with Crippen LogP contribution in [0.3, 0.4) is 0 Å². The molecule has 27 heavy (non-hydrogen) atoms. The monoisotopic (exact) mass is 371 g/mol. The molecule has 138 valence electrons. The summed E-state index contributed by atoms with van der Waals surface area (Å²) in [6.45, 7) is 1.95. The van der Waals surface area contributed by atoms with Gasteiger partial charge in [-0.05, 0) is 31.2 Å². The number of hydrogen-bond donors (Lipinski definition) is 2. The van der Waals surface area contributed by atoms with E-state index in [0.717, 1.165) is 12.1 Å². The van der Waals surface area contributed by atoms with Crippen molar-refractivity contribution in [1.29, 1.82) is 0 Å². The highest BCUT2D eigenvalue weighted by Gasteiger charge is 2.14. The van der Waals surface area contributed by atoms with Crippen molar-refractivity contribution < 1.29 is 18.3 Å². The molecule has 0 bridgehead atoms. The van der Waals surface area contributed by atoms with Gasteiger partial charge in [0.25, 0.3) is 0 Å². The lowest BCUT2D eigenvalue weighted by molar-refractivity contribution is 0.0527. The molecule has 9 heteroatoms. The van der Waals surface area contributed by atoms with E-state index in [0.29, 0.717) is 11.3 Å². The number of halogens is 2. The molecule has 0 radical (unpaired) electrons. The molecular weight excluding hydrogens is 356 g/mol. The molecule has 0 spiro atoms. The van der Waals surface area contributed by atoms with Gasteiger partial charge >= 0.3 is 5.97 Å². The third kappa shape index (κ3) is 4.32. The number of carbonyl (C=O) groups is 1. The third-order valence-electron chi connectivity index (χ3n) is 3.44. The van der Waals surface area contributed by atoms with Gasteiger partial charge in [0.1, 0.15) is 17.3 Å². The van der Waals surface area contributed by atoms with Crippen molar-refractivity contribution in [2.24, 2.45) is 0 Å². The Hall–Kier alpha value is -3.62. The van der Waals surface area contributed by atoms with Crippen molar-refractivity contribution in [1.82, 2.24) is 15.2 Å². The minimum absolute atomic E-state index is 0.113. The Kier molecular flexibility index (Phi) is 5.50. The molecule has 0 atom stereocenters. The predicted octanol–water partition coefficient (Wildman–Crippen LogP) is 3.81. The summed E-state index contributed by atoms with van der Waals surface area (Å²) in [5, 5.41) is 12.8. The fraction of sp³-hybridized carbons (Fsp3) is 0.111. The van der Waals surface area contributed by atoms with Crippen molar-refractivity contribution >= 4 is 29.1 Å². The van der Waals surface area contributed by atoms with Gasteiger partial charge in [-0.2, -0.15) is 10.1 Å². The average molecular weight is 371 g/mol. The molecule has 0 saturated carbocycles. The minimum atomic E-state index is -0.787. The highest BCUT2D eigenvalue weighted by atomic mass is 19.1. The normalized spacial score (nSPS) is 10.3. The van der Waals surface area contributed by atoms with Crippen LogP contribution in [0.25, 0.3) is 0 Å². The second kappa shape index (κ2) is 8.17. The molecule has 0 aliphatic carbocycles. The van der Waals surface area contributed by atoms with E-state index in [1.165, 1.54) is 12.3 Å². The molecule has 1 aromatic heterocycles. The Bertz CT molecular complexity index is 948. The van der Waals surface area contributed by atoms with Crippen LogP contribution in [0.15, 0.2) is 48.7 Å². The van der Waals surface area contributed by atoms with Gasteiger partial charge in [-0.25, -0.2) is 13.6 Å². The second-order valence-corrected chi connectivity index (χ2v) is 5.28. The molecule has 0 aliphatic rings. The molecule has 0 aliphatic heterocycles. The van der Waals surface area contributed by atoms with Gasteiger partial charge in [-0.3, -0.25) is 0 Å². The van der Waals surface area contributed by atoms with Crippen molar-refractivity contribution in [3.8, 4) is 0 Å². The third-order valence-corrected chi connectivity index (χ3v) is 3.44. The van der Waals surface area contributed by atoms with Gasteiger partial charge in [0, 0.05) is 0 Å². The van der Waals surface area contributed by atoms with Crippen LogP contribution >= 0.6 is 0 Å². The molecule has 3 rings (SSSR count). The Balaban J connectivity index is 1.84. The summed E-state index contributed by atoms with van der Waals surface area (Å²) in [5.41, 5.74) is 0.371. The van der Waals surface area contributed by atoms with E-state index in [-0.39, 0.29) is 24.1 Å². The van der Waals surface area contributed by atoms with E-state index >= 15 is 0 Å². The maximum absolute atomic E-state index is 13.8. The van der Waals surface area contributed by atoms with Crippen LogP contribution in [0.4, 0.5) is 31.9 Å². The molecule has 0 unspecified atom stereocenters. The summed E-state index contributed by atoms with van der Waals surface area (Å²) in [6, 6.07) is 10.2. The van der Waals surface area contributed by atoms with Crippen LogP contribution in [0.2, 0.25) is 0 Å². The Morgan fingerprint density at radius 1 is 1.07 bits per heavy atom. The quantitative estimate of drug-likeness (QED) is 0.637. The smallest absolute Gasteiger partial charge is 0.340 e. The Morgan fingerprint density at radius 3 is 2.56 bits per heavy atom. The van der Waals surface area contributed by atoms with E-state index in [9.17, 15) is 13.6 Å². The van der Waals surface area contributed by atoms with Crippen molar-refractivity contribution in [3.05, 3.63) is 65.9 Å². The summed E-state index contributed by atoms with van der Waals surface area (Å²) < 4.78 is 32.5. The molecule has 1 heterocycles. The molecular formula is C18H15F2N5O2. The van der Waals surface area contributed by atoms with Crippen LogP contribution in [0.1, 0.15) is 17.3 Å². The lowest BCUT2D eigenvalue weighted by atomic mass is 10.2. The van der Waals surface area contributed by atoms with Crippen LogP contribution in [-0.4, -0.2) is 27.8 Å². The van der Waals surface area contributed by atoms with E-state index in [1.807, 2.05) is 0 Å². The standard InChI is InChI=1S/C18H15F2N5O2/c1-2-27-17(26)11-6-3-4-9-14(11)22-15-10-21-25-18(23-15)24-16-12(19)7-5-8-13(16)20/h3-10H,2H2,1H3,(H2,22,23,24,25). The molecule has 7 nitrogen and oxygen atoms in total. The number of aromatic nitrogens is 3. The zero-order valence-corrected chi connectivity index (χ0v) is 14.2. The minimum Gasteiger partial charge on any atom is -0.462 e. The average Bonchev–Trinajstić information content (AvgIpc) is 2.66. The number of ether oxygens (including phenoxy) is 1. The topological polar surface area (TPSA) is 89.0 Å². The van der Waals surface area contributed by atoms with Crippen LogP contribution in [-0.2, 0) is 4.74 Å². The predicted molar refractivity (Wildman–Crippen MR) is 95.1 cm³/mol. The van der Waals surface area contributed by atoms with Gasteiger partial charge in [0.05, 0.1) is 24.1 Å². The molecule has 0 fully saturated rings. The van der Waals surface area contributed by atoms with Gasteiger partial charge in [0.15, 0.2) is 5.82 Å². The number of rotatable bonds is 6. The number of nitrogens with one attached hydrogen (secondary N) is 2. The lowest BCUT2D eigenvalue weighted by Gasteiger charge is -2.11. The summed E-state index contributed by atoms with van der Waals surface area (Å²) in [5.74, 6) is -1.96. The highest BCUT2D eigenvalue weighted by Crippen LogP contribution is 2.23. The second-order valence-electron chi connectivity index (χ2n) is 5.28. The van der Waals surface area contributed by atoms with Crippen LogP contribution < -0.4 is 10.6 Å². The van der Waals surface area contributed by atoms with Crippen LogP contribution in [0, 0.1) is 11.6 Å². The summed E-state index contributed by atoms with van der Waals surface area (Å²) in [6.07, 6.45) is 1.31. The first-order chi connectivity index (χ1) is 13.1. The number of esters is 1. The van der Waals surface area contributed by atoms with E-state index < -0.39 is 17.6 Å². The Labute approximate surface area is 153 Å². The first kappa shape index (κ1) is 18.2. The summed E-state index contributed by atoms with van der Waals surface area (Å²) in [7, 11) is 0. The van der Waals surface area contributed by atoms with E-state index in [4.69, 9.17) is 4.74 Å². The van der Waals surface area contributed by atoms with Gasteiger partial charge in [-0.15, -0.1) is 5.10 Å². The van der Waals surface area contributed by atoms with Gasteiger partial charge in [-0.1, -0.05) is 18.2 Å². The summed E-state index contributed by atoms with van der Waals surface area (Å²) >= 11 is 0. The fourth-order valence-corrected chi connectivity index (χ4v) is 2.26. The van der Waals surface area contributed by atoms with Gasteiger partial charge < -0.3 is 15.4 Å². The first-order valence-electron chi connectivity index (χ1n) is 8.02. The zero-order chi connectivity index (χ0) is 19.2. The molecule has 3 aromatic rings. The number of benzene rings is 2.